The molecule has 0 saturated carbocycles. The van der Waals surface area contributed by atoms with Crippen molar-refractivity contribution in [3.8, 4) is 33.4 Å². The second-order valence-electron chi connectivity index (χ2n) is 12.8. The molecule has 3 aromatic carbocycles. The molecule has 9 rings (SSSR count). The van der Waals surface area contributed by atoms with Gasteiger partial charge in [-0.05, 0) is 77.4 Å². The van der Waals surface area contributed by atoms with Crippen LogP contribution in [0.5, 0.6) is 0 Å². The zero-order valence-corrected chi connectivity index (χ0v) is 28.3. The first-order valence-corrected chi connectivity index (χ1v) is 17.2. The first-order chi connectivity index (χ1) is 25.7. The van der Waals surface area contributed by atoms with Crippen LogP contribution >= 0.6 is 0 Å². The molecule has 0 amide bonds. The van der Waals surface area contributed by atoms with Crippen LogP contribution < -0.4 is 0 Å². The highest BCUT2D eigenvalue weighted by molar-refractivity contribution is 5.98. The molecule has 2 aliphatic heterocycles. The number of nitrogens with one attached hydrogen (secondary N) is 2. The highest BCUT2D eigenvalue weighted by Gasteiger charge is 2.25. The Morgan fingerprint density at radius 3 is 1.42 bits per heavy atom. The van der Waals surface area contributed by atoms with Crippen molar-refractivity contribution in [2.24, 2.45) is 0 Å². The maximum absolute atomic E-state index is 12.5. The molecule has 6 aromatic rings. The van der Waals surface area contributed by atoms with Gasteiger partial charge in [-0.3, -0.25) is 0 Å². The minimum Gasteiger partial charge on any atom is -0.497 e. The number of hydrogen-bond acceptors (Lipinski definition) is 4. The summed E-state index contributed by atoms with van der Waals surface area (Å²) in [6, 6.07) is 39.4. The van der Waals surface area contributed by atoms with Gasteiger partial charge >= 0.3 is 0 Å². The summed E-state index contributed by atoms with van der Waals surface area (Å²) in [4.78, 5) is 30.7. The third-order valence-corrected chi connectivity index (χ3v) is 9.73. The molecule has 52 heavy (non-hydrogen) atoms. The van der Waals surface area contributed by atoms with E-state index in [9.17, 15) is 4.79 Å². The number of benzene rings is 3. The molecule has 1 unspecified atom stereocenters. The summed E-state index contributed by atoms with van der Waals surface area (Å²) >= 11 is 0. The third kappa shape index (κ3) is 5.44. The average molecular weight is 673 g/mol. The Labute approximate surface area is 300 Å². The number of methoxy groups -OCH3 is 1. The van der Waals surface area contributed by atoms with E-state index >= 15 is 0 Å². The lowest BCUT2D eigenvalue weighted by Gasteiger charge is -2.18. The van der Waals surface area contributed by atoms with Crippen molar-refractivity contribution in [1.82, 2.24) is 19.9 Å². The van der Waals surface area contributed by atoms with Crippen LogP contribution in [0.1, 0.15) is 34.3 Å². The zero-order valence-electron chi connectivity index (χ0n) is 28.3. The summed E-state index contributed by atoms with van der Waals surface area (Å²) in [5.41, 5.74) is 14.2. The van der Waals surface area contributed by atoms with Crippen LogP contribution in [-0.4, -0.2) is 33.0 Å². The van der Waals surface area contributed by atoms with Crippen molar-refractivity contribution in [3.63, 3.8) is 0 Å². The number of fused-ring (bicyclic) bond motifs is 8. The lowest BCUT2D eigenvalue weighted by Crippen LogP contribution is -2.06. The Morgan fingerprint density at radius 2 is 0.962 bits per heavy atom. The van der Waals surface area contributed by atoms with E-state index in [-0.39, 0.29) is 0 Å². The van der Waals surface area contributed by atoms with Gasteiger partial charge in [-0.1, -0.05) is 97.1 Å². The van der Waals surface area contributed by atoms with Crippen LogP contribution in [0.25, 0.3) is 79.8 Å². The molecule has 6 heteroatoms. The van der Waals surface area contributed by atoms with Gasteiger partial charge in [0.25, 0.3) is 0 Å². The highest BCUT2D eigenvalue weighted by atomic mass is 16.5. The minimum atomic E-state index is -0.423. The molecule has 0 fully saturated rings. The predicted molar refractivity (Wildman–Crippen MR) is 211 cm³/mol. The number of H-pyrrole nitrogens is 2. The molecular weight excluding hydrogens is 641 g/mol. The van der Waals surface area contributed by atoms with Gasteiger partial charge in [0.2, 0.25) is 0 Å². The van der Waals surface area contributed by atoms with Gasteiger partial charge in [0.15, 0.2) is 0 Å². The van der Waals surface area contributed by atoms with Gasteiger partial charge in [-0.25, -0.2) is 14.8 Å². The molecule has 1 aliphatic carbocycles. The van der Waals surface area contributed by atoms with Crippen molar-refractivity contribution >= 4 is 52.3 Å². The van der Waals surface area contributed by atoms with Crippen LogP contribution in [0.3, 0.4) is 0 Å². The fourth-order valence-corrected chi connectivity index (χ4v) is 7.34. The van der Waals surface area contributed by atoms with Gasteiger partial charge in [0.1, 0.15) is 11.7 Å². The first-order valence-electron chi connectivity index (χ1n) is 17.2. The monoisotopic (exact) mass is 672 g/mol. The lowest BCUT2D eigenvalue weighted by atomic mass is 9.87. The Bertz CT molecular complexity index is 2670. The number of allylic oxidation sites excluding steroid dienone is 4. The maximum atomic E-state index is 12.5. The number of hydrogen-bond donors (Lipinski definition) is 2. The van der Waals surface area contributed by atoms with Crippen LogP contribution in [0.15, 0.2) is 145 Å². The second kappa shape index (κ2) is 13.0. The van der Waals surface area contributed by atoms with Crippen LogP contribution in [-0.2, 0) is 9.53 Å². The zero-order chi connectivity index (χ0) is 35.0. The summed E-state index contributed by atoms with van der Waals surface area (Å²) in [5, 5.41) is 0. The van der Waals surface area contributed by atoms with Crippen LogP contribution in [0.2, 0.25) is 0 Å². The molecule has 0 spiro atoms. The number of carbonyl (C=O) groups excluding carboxylic acids is 1. The predicted octanol–water partition coefficient (Wildman–Crippen LogP) is 10.6. The molecule has 1 atom stereocenters. The normalized spacial score (nSPS) is 14.7. The molecule has 2 N–H and O–H groups in total. The molecule has 0 saturated heterocycles. The molecule has 248 valence electrons. The van der Waals surface area contributed by atoms with Crippen molar-refractivity contribution in [2.75, 3.05) is 7.11 Å². The fourth-order valence-electron chi connectivity index (χ4n) is 7.34. The van der Waals surface area contributed by atoms with Crippen LogP contribution in [0.4, 0.5) is 0 Å². The van der Waals surface area contributed by atoms with Crippen molar-refractivity contribution < 1.29 is 9.53 Å². The van der Waals surface area contributed by atoms with Gasteiger partial charge < -0.3 is 14.7 Å². The molecule has 5 heterocycles. The number of nitrogens with zero attached hydrogens (tertiary/aromatic N) is 2. The smallest absolute Gasteiger partial charge is 0.129 e. The van der Waals surface area contributed by atoms with Gasteiger partial charge in [0, 0.05) is 50.2 Å². The summed E-state index contributed by atoms with van der Waals surface area (Å²) in [7, 11) is 1.60. The van der Waals surface area contributed by atoms with Crippen molar-refractivity contribution in [3.05, 3.63) is 173 Å². The Hall–Kier alpha value is -7.01. The summed E-state index contributed by atoms with van der Waals surface area (Å²) in [5.74, 6) is 2.37. The molecule has 6 nitrogen and oxygen atoms in total. The molecule has 8 bridgehead atoms. The van der Waals surface area contributed by atoms with E-state index in [0.717, 1.165) is 83.8 Å². The quantitative estimate of drug-likeness (QED) is 0.178. The fraction of sp³-hybridized carbons (Fsp3) is 0.0435. The number of aromatic amines is 2. The molecule has 0 radical (unpaired) electrons. The second-order valence-corrected chi connectivity index (χ2v) is 12.8. The minimum absolute atomic E-state index is 0.423. The standard InChI is InChI=1S/C46H32N4O2/c1-52-33-17-18-34(32(27-33)28-51)46-41-25-23-39(49-41)44(30-13-7-3-8-14-30)37-21-19-35(47-37)43(29-11-5-2-6-12-29)36-20-22-38(48-36)45(31-15-9-4-10-16-31)40-24-26-42(46)50-40/h2-27,34,47,50H,1H3. The number of ether oxygens (including phenoxy) is 1. The van der Waals surface area contributed by atoms with E-state index in [1.165, 1.54) is 0 Å². The van der Waals surface area contributed by atoms with Gasteiger partial charge in [-0.15, -0.1) is 0 Å². The van der Waals surface area contributed by atoms with Crippen molar-refractivity contribution in [1.29, 1.82) is 0 Å². The van der Waals surface area contributed by atoms with Crippen LogP contribution in [0, 0.1) is 0 Å². The molecule has 3 aromatic heterocycles. The van der Waals surface area contributed by atoms with E-state index in [1.54, 1.807) is 13.2 Å². The molecule has 3 aliphatic rings. The van der Waals surface area contributed by atoms with E-state index in [0.29, 0.717) is 11.3 Å². The van der Waals surface area contributed by atoms with E-state index in [2.05, 4.69) is 107 Å². The topological polar surface area (TPSA) is 83.7 Å². The Balaban J connectivity index is 1.46. The summed E-state index contributed by atoms with van der Waals surface area (Å²) in [6.07, 6.45) is 13.9. The first kappa shape index (κ1) is 31.0. The number of rotatable bonds is 5. The SMILES string of the molecule is COC1=CC(=C=O)C(c2c3nc(c(-c4ccccc4)c4ccc([nH]4)c(-c4ccccc4)c4nc(c(-c5ccccc5)c5ccc2[nH]5)C=C4)C=C3)C=C1. The largest absolute Gasteiger partial charge is 0.497 e. The third-order valence-electron chi connectivity index (χ3n) is 9.73. The maximum Gasteiger partial charge on any atom is 0.129 e. The number of aromatic nitrogens is 4. The summed E-state index contributed by atoms with van der Waals surface area (Å²) in [6.45, 7) is 0. The van der Waals surface area contributed by atoms with E-state index in [1.807, 2.05) is 60.7 Å². The molecular formula is C46H32N4O2. The Morgan fingerprint density at radius 1 is 0.538 bits per heavy atom. The average Bonchev–Trinajstić information content (AvgIpc) is 4.04. The van der Waals surface area contributed by atoms with E-state index in [4.69, 9.17) is 14.7 Å². The lowest BCUT2D eigenvalue weighted by molar-refractivity contribution is 0.305. The highest BCUT2D eigenvalue weighted by Crippen LogP contribution is 2.40. The van der Waals surface area contributed by atoms with Gasteiger partial charge in [0.05, 0.1) is 35.5 Å². The Kier molecular flexibility index (Phi) is 7.77. The van der Waals surface area contributed by atoms with Gasteiger partial charge in [-0.2, -0.15) is 0 Å². The van der Waals surface area contributed by atoms with Crippen molar-refractivity contribution in [2.45, 2.75) is 5.92 Å². The van der Waals surface area contributed by atoms with E-state index < -0.39 is 5.92 Å². The summed E-state index contributed by atoms with van der Waals surface area (Å²) < 4.78 is 5.49.